The zero-order chi connectivity index (χ0) is 16.8. The molecule has 3 unspecified atom stereocenters. The van der Waals surface area contributed by atoms with E-state index < -0.39 is 28.2 Å². The number of aliphatic hydroxyl groups is 1. The first kappa shape index (κ1) is 17.0. The van der Waals surface area contributed by atoms with E-state index in [9.17, 15) is 18.3 Å². The Kier molecular flexibility index (Phi) is 4.59. The molecule has 0 radical (unpaired) electrons. The Labute approximate surface area is 144 Å². The van der Waals surface area contributed by atoms with Crippen molar-refractivity contribution in [1.82, 2.24) is 9.62 Å². The lowest BCUT2D eigenvalue weighted by atomic mass is 9.96. The SMILES string of the molecule is O=C1NCC(O)C2CCCC1N2S(=O)(=O)c1cc(Cl)cc(Cl)c1. The number of β-amino-alcohol motifs (C(OH)–C–C–N with tert-alkyl or cyclic N) is 1. The molecule has 0 aliphatic carbocycles. The number of benzene rings is 1. The largest absolute Gasteiger partial charge is 0.390 e. The average molecular weight is 379 g/mol. The summed E-state index contributed by atoms with van der Waals surface area (Å²) in [6.45, 7) is 0.0440. The van der Waals surface area contributed by atoms with Crippen LogP contribution >= 0.6 is 23.2 Å². The van der Waals surface area contributed by atoms with Crippen molar-refractivity contribution in [1.29, 1.82) is 0 Å². The van der Waals surface area contributed by atoms with Crippen LogP contribution in [0.4, 0.5) is 0 Å². The summed E-state index contributed by atoms with van der Waals surface area (Å²) in [7, 11) is -4.01. The number of nitrogens with zero attached hydrogens (tertiary/aromatic N) is 1. The Balaban J connectivity index is 2.11. The molecule has 3 rings (SSSR count). The van der Waals surface area contributed by atoms with Crippen LogP contribution in [0.3, 0.4) is 0 Å². The number of hydrogen-bond donors (Lipinski definition) is 2. The molecule has 0 saturated carbocycles. The third-order valence-electron chi connectivity index (χ3n) is 4.26. The molecular formula is C14H16Cl2N2O4S. The number of rotatable bonds is 2. The molecule has 9 heteroatoms. The van der Waals surface area contributed by atoms with Crippen LogP contribution in [-0.4, -0.2) is 48.5 Å². The van der Waals surface area contributed by atoms with E-state index in [0.29, 0.717) is 19.3 Å². The van der Waals surface area contributed by atoms with Crippen LogP contribution in [0.1, 0.15) is 19.3 Å². The molecule has 2 heterocycles. The number of nitrogens with one attached hydrogen (secondary N) is 1. The van der Waals surface area contributed by atoms with Crippen LogP contribution in [0.15, 0.2) is 23.1 Å². The van der Waals surface area contributed by atoms with E-state index >= 15 is 0 Å². The summed E-state index contributed by atoms with van der Waals surface area (Å²) in [5.74, 6) is -0.386. The highest BCUT2D eigenvalue weighted by Crippen LogP contribution is 2.34. The number of fused-ring (bicyclic) bond motifs is 2. The number of amides is 1. The van der Waals surface area contributed by atoms with Gasteiger partial charge in [-0.1, -0.05) is 23.2 Å². The summed E-state index contributed by atoms with van der Waals surface area (Å²) in [6, 6.07) is 2.57. The average Bonchev–Trinajstić information content (AvgIpc) is 2.56. The maximum absolute atomic E-state index is 13.1. The lowest BCUT2D eigenvalue weighted by molar-refractivity contribution is -0.125. The van der Waals surface area contributed by atoms with Gasteiger partial charge in [0.15, 0.2) is 0 Å². The Morgan fingerprint density at radius 3 is 2.48 bits per heavy atom. The minimum absolute atomic E-state index is 0.0440. The van der Waals surface area contributed by atoms with Crippen molar-refractivity contribution in [2.24, 2.45) is 0 Å². The van der Waals surface area contributed by atoms with Crippen molar-refractivity contribution >= 4 is 39.1 Å². The Morgan fingerprint density at radius 2 is 1.83 bits per heavy atom. The van der Waals surface area contributed by atoms with Gasteiger partial charge in [0.25, 0.3) is 0 Å². The lowest BCUT2D eigenvalue weighted by Gasteiger charge is -2.39. The van der Waals surface area contributed by atoms with Gasteiger partial charge in [-0.25, -0.2) is 8.42 Å². The highest BCUT2D eigenvalue weighted by atomic mass is 35.5. The van der Waals surface area contributed by atoms with Crippen LogP contribution < -0.4 is 5.32 Å². The maximum Gasteiger partial charge on any atom is 0.244 e. The van der Waals surface area contributed by atoms with Crippen molar-refractivity contribution in [2.45, 2.75) is 42.3 Å². The number of aliphatic hydroxyl groups excluding tert-OH is 1. The highest BCUT2D eigenvalue weighted by Gasteiger charge is 2.47. The number of hydrogen-bond acceptors (Lipinski definition) is 4. The number of halogens is 2. The molecule has 2 bridgehead atoms. The van der Waals surface area contributed by atoms with Crippen LogP contribution in [0.5, 0.6) is 0 Å². The Morgan fingerprint density at radius 1 is 1.17 bits per heavy atom. The molecule has 23 heavy (non-hydrogen) atoms. The molecule has 2 aliphatic rings. The van der Waals surface area contributed by atoms with Gasteiger partial charge in [0.1, 0.15) is 6.04 Å². The Hall–Kier alpha value is -0.860. The molecular weight excluding hydrogens is 363 g/mol. The van der Waals surface area contributed by atoms with Crippen LogP contribution in [0, 0.1) is 0 Å². The normalized spacial score (nSPS) is 29.0. The van der Waals surface area contributed by atoms with Gasteiger partial charge in [0.2, 0.25) is 15.9 Å². The van der Waals surface area contributed by atoms with Gasteiger partial charge in [0.05, 0.1) is 17.0 Å². The highest BCUT2D eigenvalue weighted by molar-refractivity contribution is 7.89. The molecule has 1 aromatic carbocycles. The topological polar surface area (TPSA) is 86.7 Å². The summed E-state index contributed by atoms with van der Waals surface area (Å²) in [5, 5.41) is 13.2. The molecule has 1 aromatic rings. The predicted molar refractivity (Wildman–Crippen MR) is 85.9 cm³/mol. The fraction of sp³-hybridized carbons (Fsp3) is 0.500. The minimum atomic E-state index is -4.01. The van der Waals surface area contributed by atoms with Crippen molar-refractivity contribution in [3.8, 4) is 0 Å². The van der Waals surface area contributed by atoms with Crippen molar-refractivity contribution in [3.05, 3.63) is 28.2 Å². The standard InChI is InChI=1S/C14H16Cl2N2O4S/c15-8-4-9(16)6-10(5-8)23(21,22)18-11-2-1-3-12(18)14(20)17-7-13(11)19/h4-6,11-13,19H,1-3,7H2,(H,17,20). The third kappa shape index (κ3) is 3.08. The molecule has 2 fully saturated rings. The molecule has 2 aliphatic heterocycles. The molecule has 0 spiro atoms. The molecule has 2 N–H and O–H groups in total. The maximum atomic E-state index is 13.1. The lowest BCUT2D eigenvalue weighted by Crippen LogP contribution is -2.55. The first-order chi connectivity index (χ1) is 10.8. The molecule has 3 atom stereocenters. The van der Waals surface area contributed by atoms with Crippen LogP contribution in [0.2, 0.25) is 10.0 Å². The summed E-state index contributed by atoms with van der Waals surface area (Å²) in [5.41, 5.74) is 0. The van der Waals surface area contributed by atoms with Gasteiger partial charge in [-0.05, 0) is 37.5 Å². The smallest absolute Gasteiger partial charge is 0.244 e. The van der Waals surface area contributed by atoms with E-state index in [1.807, 2.05) is 0 Å². The second-order valence-corrected chi connectivity index (χ2v) is 8.48. The van der Waals surface area contributed by atoms with Crippen molar-refractivity contribution < 1.29 is 18.3 Å². The second-order valence-electron chi connectivity index (χ2n) is 5.77. The molecule has 1 amide bonds. The van der Waals surface area contributed by atoms with Gasteiger partial charge in [-0.2, -0.15) is 4.31 Å². The second kappa shape index (κ2) is 6.22. The van der Waals surface area contributed by atoms with E-state index in [-0.39, 0.29) is 27.4 Å². The van der Waals surface area contributed by atoms with Crippen molar-refractivity contribution in [3.63, 3.8) is 0 Å². The van der Waals surface area contributed by atoms with Gasteiger partial charge in [-0.3, -0.25) is 4.79 Å². The van der Waals surface area contributed by atoms with E-state index in [1.165, 1.54) is 18.2 Å². The van der Waals surface area contributed by atoms with E-state index in [4.69, 9.17) is 23.2 Å². The zero-order valence-corrected chi connectivity index (χ0v) is 14.4. The first-order valence-corrected chi connectivity index (χ1v) is 9.46. The van der Waals surface area contributed by atoms with Crippen LogP contribution in [0.25, 0.3) is 0 Å². The summed E-state index contributed by atoms with van der Waals surface area (Å²) in [6.07, 6.45) is 0.652. The first-order valence-electron chi connectivity index (χ1n) is 7.26. The number of piperidine rings is 1. The zero-order valence-electron chi connectivity index (χ0n) is 12.1. The summed E-state index contributed by atoms with van der Waals surface area (Å²) >= 11 is 11.8. The summed E-state index contributed by atoms with van der Waals surface area (Å²) in [4.78, 5) is 12.1. The Bertz CT molecular complexity index is 720. The van der Waals surface area contributed by atoms with E-state index in [2.05, 4.69) is 5.32 Å². The minimum Gasteiger partial charge on any atom is -0.390 e. The van der Waals surface area contributed by atoms with Gasteiger partial charge in [-0.15, -0.1) is 0 Å². The van der Waals surface area contributed by atoms with Gasteiger partial charge in [0, 0.05) is 16.6 Å². The number of carbonyl (C=O) groups excluding carboxylic acids is 1. The molecule has 6 nitrogen and oxygen atoms in total. The fourth-order valence-electron chi connectivity index (χ4n) is 3.22. The van der Waals surface area contributed by atoms with Crippen LogP contribution in [-0.2, 0) is 14.8 Å². The van der Waals surface area contributed by atoms with Crippen molar-refractivity contribution in [2.75, 3.05) is 6.54 Å². The quantitative estimate of drug-likeness (QED) is 0.813. The predicted octanol–water partition coefficient (Wildman–Crippen LogP) is 1.40. The fourth-order valence-corrected chi connectivity index (χ4v) is 5.81. The molecule has 2 saturated heterocycles. The van der Waals surface area contributed by atoms with Gasteiger partial charge >= 0.3 is 0 Å². The summed E-state index contributed by atoms with van der Waals surface area (Å²) < 4.78 is 27.3. The third-order valence-corrected chi connectivity index (χ3v) is 6.60. The van der Waals surface area contributed by atoms with E-state index in [0.717, 1.165) is 4.31 Å². The van der Waals surface area contributed by atoms with E-state index in [1.54, 1.807) is 0 Å². The molecule has 126 valence electrons. The monoisotopic (exact) mass is 378 g/mol. The van der Waals surface area contributed by atoms with Gasteiger partial charge < -0.3 is 10.4 Å². The number of sulfonamides is 1. The molecule has 0 aromatic heterocycles. The number of carbonyl (C=O) groups is 1.